The van der Waals surface area contributed by atoms with Gasteiger partial charge in [0.2, 0.25) is 0 Å². The smallest absolute Gasteiger partial charge is 0.392 e. The topological polar surface area (TPSA) is 123 Å². The first kappa shape index (κ1) is 20.1. The maximum absolute atomic E-state index is 12.4. The highest BCUT2D eigenvalue weighted by Gasteiger charge is 2.27. The maximum atomic E-state index is 12.4. The predicted molar refractivity (Wildman–Crippen MR) is 93.5 cm³/mol. The van der Waals surface area contributed by atoms with E-state index < -0.39 is 31.1 Å². The summed E-state index contributed by atoms with van der Waals surface area (Å²) in [6.07, 6.45) is -4.77. The van der Waals surface area contributed by atoms with E-state index in [2.05, 4.69) is 10.3 Å². The van der Waals surface area contributed by atoms with Gasteiger partial charge in [-0.25, -0.2) is 4.79 Å². The summed E-state index contributed by atoms with van der Waals surface area (Å²) in [5.41, 5.74) is 12.0. The van der Waals surface area contributed by atoms with E-state index in [0.29, 0.717) is 17.7 Å². The summed E-state index contributed by atoms with van der Waals surface area (Å²) in [4.78, 5) is 25.5. The minimum absolute atomic E-state index is 0.00635. The molecule has 10 heteroatoms. The lowest BCUT2D eigenvalue weighted by Crippen LogP contribution is -2.22. The zero-order chi connectivity index (χ0) is 20.2. The second-order valence-corrected chi connectivity index (χ2v) is 5.72. The molecular formula is C17H19F3N4O3. The number of aromatic amines is 1. The summed E-state index contributed by atoms with van der Waals surface area (Å²) in [7, 11) is 0. The highest BCUT2D eigenvalue weighted by atomic mass is 19.4. The molecule has 0 spiro atoms. The molecule has 0 atom stereocenters. The molecule has 1 aromatic carbocycles. The molecule has 27 heavy (non-hydrogen) atoms. The van der Waals surface area contributed by atoms with Crippen LogP contribution in [0, 0.1) is 0 Å². The molecule has 146 valence electrons. The van der Waals surface area contributed by atoms with Gasteiger partial charge in [-0.3, -0.25) is 10.1 Å². The number of hydrogen-bond acceptors (Lipinski definition) is 3. The van der Waals surface area contributed by atoms with Gasteiger partial charge in [0.15, 0.2) is 0 Å². The average Bonchev–Trinajstić information content (AvgIpc) is 2.97. The van der Waals surface area contributed by atoms with Crippen molar-refractivity contribution in [2.24, 2.45) is 11.5 Å². The van der Waals surface area contributed by atoms with Crippen molar-refractivity contribution in [3.8, 4) is 17.0 Å². The molecule has 3 amide bonds. The Morgan fingerprint density at radius 2 is 1.93 bits per heavy atom. The van der Waals surface area contributed by atoms with Gasteiger partial charge in [-0.2, -0.15) is 13.2 Å². The number of aryl methyl sites for hydroxylation is 1. The number of alkyl halides is 3. The molecule has 0 aliphatic heterocycles. The van der Waals surface area contributed by atoms with Crippen molar-refractivity contribution in [1.29, 1.82) is 0 Å². The van der Waals surface area contributed by atoms with Crippen molar-refractivity contribution < 1.29 is 27.5 Å². The minimum Gasteiger partial charge on any atom is -0.493 e. The number of nitrogens with one attached hydrogen (secondary N) is 2. The summed E-state index contributed by atoms with van der Waals surface area (Å²) in [6, 6.07) is 5.46. The van der Waals surface area contributed by atoms with Gasteiger partial charge in [0.1, 0.15) is 11.6 Å². The van der Waals surface area contributed by atoms with Crippen LogP contribution < -0.4 is 21.5 Å². The van der Waals surface area contributed by atoms with E-state index in [-0.39, 0.29) is 17.1 Å². The quantitative estimate of drug-likeness (QED) is 0.586. The maximum Gasteiger partial charge on any atom is 0.392 e. The van der Waals surface area contributed by atoms with Crippen LogP contribution in [0.1, 0.15) is 29.3 Å². The molecule has 1 heterocycles. The molecule has 0 radical (unpaired) electrons. The minimum atomic E-state index is -4.34. The number of carbonyl (C=O) groups is 2. The standard InChI is InChI=1S/C17H19F3N4O3/c1-2-9-3-4-13(27-6-5-17(18,19)20)10(7-9)12-8-11(14(21)25)15(23-12)24-16(22)26/h3-4,7-8,23H,2,5-6H2,1H3,(H2,21,25)(H3,22,24,26). The Labute approximate surface area is 152 Å². The Bertz CT molecular complexity index is 846. The Morgan fingerprint density at radius 3 is 2.48 bits per heavy atom. The van der Waals surface area contributed by atoms with Gasteiger partial charge in [0, 0.05) is 5.56 Å². The van der Waals surface area contributed by atoms with Crippen LogP contribution in [0.4, 0.5) is 23.8 Å². The second kappa shape index (κ2) is 8.02. The van der Waals surface area contributed by atoms with Crippen LogP contribution in [0.3, 0.4) is 0 Å². The fourth-order valence-corrected chi connectivity index (χ4v) is 2.43. The molecule has 0 saturated heterocycles. The zero-order valence-electron chi connectivity index (χ0n) is 14.4. The predicted octanol–water partition coefficient (Wildman–Crippen LogP) is 3.16. The van der Waals surface area contributed by atoms with Crippen molar-refractivity contribution in [3.63, 3.8) is 0 Å². The van der Waals surface area contributed by atoms with E-state index in [4.69, 9.17) is 16.2 Å². The molecule has 0 saturated carbocycles. The molecular weight excluding hydrogens is 365 g/mol. The Hall–Kier alpha value is -3.17. The number of hydrogen-bond donors (Lipinski definition) is 4. The highest BCUT2D eigenvalue weighted by Crippen LogP contribution is 2.34. The van der Waals surface area contributed by atoms with Crippen molar-refractivity contribution in [1.82, 2.24) is 4.98 Å². The first-order valence-electron chi connectivity index (χ1n) is 8.02. The van der Waals surface area contributed by atoms with Crippen LogP contribution >= 0.6 is 0 Å². The van der Waals surface area contributed by atoms with Crippen LogP contribution in [-0.4, -0.2) is 29.7 Å². The van der Waals surface area contributed by atoms with Gasteiger partial charge in [-0.15, -0.1) is 0 Å². The lowest BCUT2D eigenvalue weighted by atomic mass is 10.0. The number of ether oxygens (including phenoxy) is 1. The first-order valence-corrected chi connectivity index (χ1v) is 8.02. The van der Waals surface area contributed by atoms with Gasteiger partial charge < -0.3 is 21.2 Å². The van der Waals surface area contributed by atoms with Crippen LogP contribution in [0.15, 0.2) is 24.3 Å². The van der Waals surface area contributed by atoms with E-state index in [1.54, 1.807) is 18.2 Å². The average molecular weight is 384 g/mol. The Morgan fingerprint density at radius 1 is 1.22 bits per heavy atom. The molecule has 0 fully saturated rings. The monoisotopic (exact) mass is 384 g/mol. The number of benzene rings is 1. The number of nitrogens with two attached hydrogens (primary N) is 2. The molecule has 2 rings (SSSR count). The second-order valence-electron chi connectivity index (χ2n) is 5.72. The van der Waals surface area contributed by atoms with E-state index in [9.17, 15) is 22.8 Å². The number of H-pyrrole nitrogens is 1. The molecule has 0 aliphatic rings. The van der Waals surface area contributed by atoms with Gasteiger partial charge in [-0.05, 0) is 30.2 Å². The molecule has 2 aromatic rings. The Balaban J connectivity index is 2.43. The van der Waals surface area contributed by atoms with Crippen molar-refractivity contribution in [2.45, 2.75) is 25.9 Å². The largest absolute Gasteiger partial charge is 0.493 e. The molecule has 0 unspecified atom stereocenters. The first-order chi connectivity index (χ1) is 12.6. The van der Waals surface area contributed by atoms with Gasteiger partial charge in [-0.1, -0.05) is 13.0 Å². The van der Waals surface area contributed by atoms with Crippen molar-refractivity contribution >= 4 is 17.8 Å². The van der Waals surface area contributed by atoms with Gasteiger partial charge >= 0.3 is 12.2 Å². The SMILES string of the molecule is CCc1ccc(OCCC(F)(F)F)c(-c2cc(C(N)=O)c(NC(N)=O)[nH]2)c1. The summed E-state index contributed by atoms with van der Waals surface area (Å²) in [5.74, 6) is -0.625. The Kier molecular flexibility index (Phi) is 5.98. The lowest BCUT2D eigenvalue weighted by molar-refractivity contribution is -0.139. The van der Waals surface area contributed by atoms with E-state index in [0.717, 1.165) is 5.56 Å². The number of halogens is 3. The van der Waals surface area contributed by atoms with Gasteiger partial charge in [0.25, 0.3) is 5.91 Å². The zero-order valence-corrected chi connectivity index (χ0v) is 14.4. The summed E-state index contributed by atoms with van der Waals surface area (Å²) in [5, 5.41) is 2.25. The number of rotatable bonds is 7. The fraction of sp³-hybridized carbons (Fsp3) is 0.294. The fourth-order valence-electron chi connectivity index (χ4n) is 2.43. The van der Waals surface area contributed by atoms with Crippen LogP contribution in [0.2, 0.25) is 0 Å². The number of primary amides is 2. The third-order valence-electron chi connectivity index (χ3n) is 3.72. The third kappa shape index (κ3) is 5.40. The highest BCUT2D eigenvalue weighted by molar-refractivity contribution is 6.03. The summed E-state index contributed by atoms with van der Waals surface area (Å²) < 4.78 is 42.4. The number of urea groups is 1. The molecule has 0 aliphatic carbocycles. The lowest BCUT2D eigenvalue weighted by Gasteiger charge is -2.13. The van der Waals surface area contributed by atoms with Crippen LogP contribution in [-0.2, 0) is 6.42 Å². The van der Waals surface area contributed by atoms with Gasteiger partial charge in [0.05, 0.1) is 24.3 Å². The number of carbonyl (C=O) groups excluding carboxylic acids is 2. The molecule has 7 nitrogen and oxygen atoms in total. The number of aromatic nitrogens is 1. The van der Waals surface area contributed by atoms with Crippen molar-refractivity contribution in [3.05, 3.63) is 35.4 Å². The third-order valence-corrected chi connectivity index (χ3v) is 3.72. The molecule has 0 bridgehead atoms. The van der Waals surface area contributed by atoms with E-state index in [1.165, 1.54) is 6.07 Å². The van der Waals surface area contributed by atoms with Crippen LogP contribution in [0.25, 0.3) is 11.3 Å². The van der Waals surface area contributed by atoms with E-state index in [1.807, 2.05) is 6.92 Å². The van der Waals surface area contributed by atoms with Crippen LogP contribution in [0.5, 0.6) is 5.75 Å². The number of anilines is 1. The number of amides is 3. The normalized spacial score (nSPS) is 11.3. The molecule has 6 N–H and O–H groups in total. The van der Waals surface area contributed by atoms with E-state index >= 15 is 0 Å². The molecule has 1 aromatic heterocycles. The summed E-state index contributed by atoms with van der Waals surface area (Å²) in [6.45, 7) is 1.35. The van der Waals surface area contributed by atoms with Crippen molar-refractivity contribution in [2.75, 3.05) is 11.9 Å². The summed E-state index contributed by atoms with van der Waals surface area (Å²) >= 11 is 0.